The van der Waals surface area contributed by atoms with E-state index in [1.807, 2.05) is 62.4 Å². The highest BCUT2D eigenvalue weighted by Gasteiger charge is 2.12. The topological polar surface area (TPSA) is 68.6 Å². The first kappa shape index (κ1) is 13.7. The number of hydrazine groups is 1. The van der Waals surface area contributed by atoms with Gasteiger partial charge in [-0.25, -0.2) is 10.2 Å². The maximum atomic E-state index is 11.4. The summed E-state index contributed by atoms with van der Waals surface area (Å²) in [7, 11) is 0. The minimum atomic E-state index is -0.717. The molecule has 0 aliphatic rings. The lowest BCUT2D eigenvalue weighted by Gasteiger charge is -2.24. The molecule has 0 bridgehead atoms. The maximum absolute atomic E-state index is 11.4. The molecule has 2 amide bonds. The van der Waals surface area contributed by atoms with Crippen LogP contribution in [-0.4, -0.2) is 6.03 Å². The Morgan fingerprint density at radius 2 is 1.35 bits per heavy atom. The second kappa shape index (κ2) is 5.97. The van der Waals surface area contributed by atoms with Gasteiger partial charge in [-0.2, -0.15) is 5.53 Å². The summed E-state index contributed by atoms with van der Waals surface area (Å²) in [5.74, 6) is 0. The van der Waals surface area contributed by atoms with Gasteiger partial charge in [0, 0.05) is 0 Å². The highest BCUT2D eigenvalue weighted by Crippen LogP contribution is 2.24. The number of anilines is 2. The van der Waals surface area contributed by atoms with Crippen molar-refractivity contribution in [2.45, 2.75) is 13.8 Å². The SMILES string of the molecule is Cc1ccc(N(NC(=O)N=N)c2ccc(C)cc2)cc1. The summed E-state index contributed by atoms with van der Waals surface area (Å²) >= 11 is 0. The Bertz CT molecular complexity index is 559. The van der Waals surface area contributed by atoms with Crippen molar-refractivity contribution < 1.29 is 4.79 Å². The van der Waals surface area contributed by atoms with Gasteiger partial charge in [0.1, 0.15) is 0 Å². The summed E-state index contributed by atoms with van der Waals surface area (Å²) in [6.45, 7) is 4.00. The summed E-state index contributed by atoms with van der Waals surface area (Å²) in [5, 5.41) is 4.48. The van der Waals surface area contributed by atoms with Gasteiger partial charge in [0.2, 0.25) is 0 Å². The van der Waals surface area contributed by atoms with Crippen LogP contribution in [0.15, 0.2) is 53.6 Å². The van der Waals surface area contributed by atoms with Crippen LogP contribution < -0.4 is 10.4 Å². The van der Waals surface area contributed by atoms with Gasteiger partial charge in [0.05, 0.1) is 11.4 Å². The van der Waals surface area contributed by atoms with Crippen LogP contribution in [-0.2, 0) is 0 Å². The van der Waals surface area contributed by atoms with Gasteiger partial charge in [-0.15, -0.1) is 0 Å². The number of benzene rings is 2. The van der Waals surface area contributed by atoms with Crippen molar-refractivity contribution in [3.8, 4) is 0 Å². The van der Waals surface area contributed by atoms with Crippen LogP contribution in [0.2, 0.25) is 0 Å². The molecule has 0 fully saturated rings. The van der Waals surface area contributed by atoms with Gasteiger partial charge in [0.15, 0.2) is 0 Å². The molecule has 20 heavy (non-hydrogen) atoms. The number of aryl methyl sites for hydroxylation is 2. The highest BCUT2D eigenvalue weighted by atomic mass is 16.2. The molecule has 5 heteroatoms. The predicted octanol–water partition coefficient (Wildman–Crippen LogP) is 4.10. The normalized spacial score (nSPS) is 9.90. The van der Waals surface area contributed by atoms with Crippen LogP contribution in [0, 0.1) is 19.4 Å². The van der Waals surface area contributed by atoms with Crippen molar-refractivity contribution in [1.82, 2.24) is 5.43 Å². The molecule has 0 spiro atoms. The molecular formula is C15H16N4O. The highest BCUT2D eigenvalue weighted by molar-refractivity contribution is 5.79. The third kappa shape index (κ3) is 3.20. The van der Waals surface area contributed by atoms with Crippen molar-refractivity contribution in [2.75, 3.05) is 5.01 Å². The lowest BCUT2D eigenvalue weighted by molar-refractivity contribution is 0.247. The second-order valence-electron chi connectivity index (χ2n) is 4.54. The largest absolute Gasteiger partial charge is 0.378 e. The third-order valence-corrected chi connectivity index (χ3v) is 2.89. The van der Waals surface area contributed by atoms with E-state index in [1.165, 1.54) is 0 Å². The number of nitrogens with one attached hydrogen (secondary N) is 2. The van der Waals surface area contributed by atoms with Gasteiger partial charge < -0.3 is 0 Å². The van der Waals surface area contributed by atoms with Crippen molar-refractivity contribution in [3.05, 3.63) is 59.7 Å². The van der Waals surface area contributed by atoms with E-state index in [0.29, 0.717) is 0 Å². The number of carbonyl (C=O) groups excluding carboxylic acids is 1. The van der Waals surface area contributed by atoms with Crippen LogP contribution in [0.5, 0.6) is 0 Å². The second-order valence-corrected chi connectivity index (χ2v) is 4.54. The molecule has 0 aromatic heterocycles. The lowest BCUT2D eigenvalue weighted by atomic mass is 10.2. The maximum Gasteiger partial charge on any atom is 0.378 e. The van der Waals surface area contributed by atoms with Crippen LogP contribution >= 0.6 is 0 Å². The molecule has 5 nitrogen and oxygen atoms in total. The molecule has 0 aliphatic carbocycles. The Hall–Kier alpha value is -2.69. The summed E-state index contributed by atoms with van der Waals surface area (Å²) in [6, 6.07) is 14.7. The summed E-state index contributed by atoms with van der Waals surface area (Å²) < 4.78 is 0. The third-order valence-electron chi connectivity index (χ3n) is 2.89. The Labute approximate surface area is 117 Å². The van der Waals surface area contributed by atoms with Gasteiger partial charge in [-0.05, 0) is 38.1 Å². The minimum absolute atomic E-state index is 0.717. The molecule has 2 aromatic carbocycles. The molecule has 0 atom stereocenters. The zero-order chi connectivity index (χ0) is 14.5. The van der Waals surface area contributed by atoms with Crippen LogP contribution in [0.3, 0.4) is 0 Å². The lowest BCUT2D eigenvalue weighted by Crippen LogP contribution is -2.36. The molecule has 0 saturated heterocycles. The number of carbonyl (C=O) groups is 1. The Morgan fingerprint density at radius 3 is 1.70 bits per heavy atom. The monoisotopic (exact) mass is 268 g/mol. The van der Waals surface area contributed by atoms with E-state index in [-0.39, 0.29) is 0 Å². The molecule has 0 radical (unpaired) electrons. The van der Waals surface area contributed by atoms with Gasteiger partial charge >= 0.3 is 6.03 Å². The van der Waals surface area contributed by atoms with Crippen molar-refractivity contribution in [3.63, 3.8) is 0 Å². The van der Waals surface area contributed by atoms with E-state index >= 15 is 0 Å². The van der Waals surface area contributed by atoms with E-state index in [0.717, 1.165) is 22.5 Å². The van der Waals surface area contributed by atoms with E-state index in [2.05, 4.69) is 10.5 Å². The van der Waals surface area contributed by atoms with Crippen LogP contribution in [0.25, 0.3) is 0 Å². The van der Waals surface area contributed by atoms with Crippen LogP contribution in [0.4, 0.5) is 16.2 Å². The molecule has 0 heterocycles. The Morgan fingerprint density at radius 1 is 0.950 bits per heavy atom. The number of urea groups is 1. The van der Waals surface area contributed by atoms with Crippen molar-refractivity contribution in [2.24, 2.45) is 5.11 Å². The molecular weight excluding hydrogens is 252 g/mol. The first-order valence-electron chi connectivity index (χ1n) is 6.21. The average molecular weight is 268 g/mol. The van der Waals surface area contributed by atoms with Crippen LogP contribution in [0.1, 0.15) is 11.1 Å². The number of hydrogen-bond acceptors (Lipinski definition) is 3. The Balaban J connectivity index is 2.38. The standard InChI is InChI=1S/C15H16N4O/c1-11-3-7-13(8-4-11)19(18-15(20)17-16)14-9-5-12(2)6-10-14/h3-10,16H,1-2H3,(H,18,20). The summed E-state index contributed by atoms with van der Waals surface area (Å²) in [4.78, 5) is 11.4. The molecule has 102 valence electrons. The molecule has 2 N–H and O–H groups in total. The molecule has 0 unspecified atom stereocenters. The fraction of sp³-hybridized carbons (Fsp3) is 0.133. The zero-order valence-corrected chi connectivity index (χ0v) is 11.4. The number of rotatable bonds is 3. The summed E-state index contributed by atoms with van der Waals surface area (Å²) in [6.07, 6.45) is 0. The fourth-order valence-electron chi connectivity index (χ4n) is 1.79. The van der Waals surface area contributed by atoms with E-state index in [4.69, 9.17) is 5.53 Å². The van der Waals surface area contributed by atoms with E-state index in [1.54, 1.807) is 5.01 Å². The van der Waals surface area contributed by atoms with Crippen molar-refractivity contribution >= 4 is 17.4 Å². The quantitative estimate of drug-likeness (QED) is 0.650. The Kier molecular flexibility index (Phi) is 4.10. The van der Waals surface area contributed by atoms with Gasteiger partial charge in [-0.1, -0.05) is 40.5 Å². The van der Waals surface area contributed by atoms with Gasteiger partial charge in [0.25, 0.3) is 0 Å². The number of amides is 2. The van der Waals surface area contributed by atoms with E-state index < -0.39 is 6.03 Å². The minimum Gasteiger partial charge on any atom is -0.252 e. The zero-order valence-electron chi connectivity index (χ0n) is 11.4. The number of nitrogens with zero attached hydrogens (tertiary/aromatic N) is 2. The molecule has 2 aromatic rings. The molecule has 2 rings (SSSR count). The first-order chi connectivity index (χ1) is 9.60. The molecule has 0 saturated carbocycles. The van der Waals surface area contributed by atoms with Crippen molar-refractivity contribution in [1.29, 1.82) is 5.53 Å². The fourth-order valence-corrected chi connectivity index (χ4v) is 1.79. The van der Waals surface area contributed by atoms with Gasteiger partial charge in [-0.3, -0.25) is 5.01 Å². The average Bonchev–Trinajstić information content (AvgIpc) is 2.46. The predicted molar refractivity (Wildman–Crippen MR) is 78.2 cm³/mol. The number of hydrogen-bond donors (Lipinski definition) is 2. The smallest absolute Gasteiger partial charge is 0.252 e. The van der Waals surface area contributed by atoms with E-state index in [9.17, 15) is 4.79 Å². The molecule has 0 aliphatic heterocycles. The first-order valence-corrected chi connectivity index (χ1v) is 6.21. The summed E-state index contributed by atoms with van der Waals surface area (Å²) in [5.41, 5.74) is 13.2.